The normalized spacial score (nSPS) is 14.3. The summed E-state index contributed by atoms with van der Waals surface area (Å²) in [5.74, 6) is 1.48. The summed E-state index contributed by atoms with van der Waals surface area (Å²) in [5, 5.41) is 11.5. The van der Waals surface area contributed by atoms with Crippen LogP contribution in [0.25, 0.3) is 0 Å². The Morgan fingerprint density at radius 2 is 2.12 bits per heavy atom. The smallest absolute Gasteiger partial charge is 0.231 e. The van der Waals surface area contributed by atoms with E-state index in [4.69, 9.17) is 21.7 Å². The molecule has 2 aromatic rings. The zero-order valence-electron chi connectivity index (χ0n) is 14.1. The highest BCUT2D eigenvalue weighted by Crippen LogP contribution is 2.34. The maximum Gasteiger partial charge on any atom is 0.231 e. The predicted octanol–water partition coefficient (Wildman–Crippen LogP) is 3.01. The van der Waals surface area contributed by atoms with Gasteiger partial charge in [0.05, 0.1) is 12.6 Å². The first-order chi connectivity index (χ1) is 11.4. The lowest BCUT2D eigenvalue weighted by Gasteiger charge is -2.32. The van der Waals surface area contributed by atoms with Gasteiger partial charge in [-0.2, -0.15) is 5.10 Å². The van der Waals surface area contributed by atoms with Crippen molar-refractivity contribution in [2.45, 2.75) is 33.4 Å². The van der Waals surface area contributed by atoms with Gasteiger partial charge >= 0.3 is 0 Å². The zero-order valence-corrected chi connectivity index (χ0v) is 14.9. The van der Waals surface area contributed by atoms with Gasteiger partial charge in [-0.15, -0.1) is 0 Å². The molecule has 0 fully saturated rings. The van der Waals surface area contributed by atoms with Crippen LogP contribution in [-0.4, -0.2) is 27.7 Å². The first-order valence-corrected chi connectivity index (χ1v) is 8.27. The maximum atomic E-state index is 5.48. The number of nitrogens with zero attached hydrogens (tertiary/aromatic N) is 2. The van der Waals surface area contributed by atoms with Gasteiger partial charge in [0, 0.05) is 24.1 Å². The van der Waals surface area contributed by atoms with Gasteiger partial charge in [-0.05, 0) is 35.8 Å². The molecule has 0 bridgehead atoms. The van der Waals surface area contributed by atoms with E-state index in [1.807, 2.05) is 35.1 Å². The highest BCUT2D eigenvalue weighted by atomic mass is 32.1. The lowest BCUT2D eigenvalue weighted by Crippen LogP contribution is -2.48. The van der Waals surface area contributed by atoms with Gasteiger partial charge < -0.3 is 20.1 Å². The molecule has 0 spiro atoms. The number of hydrogen-bond donors (Lipinski definition) is 2. The largest absolute Gasteiger partial charge is 0.454 e. The van der Waals surface area contributed by atoms with E-state index >= 15 is 0 Å². The summed E-state index contributed by atoms with van der Waals surface area (Å²) in [4.78, 5) is 0. The summed E-state index contributed by atoms with van der Waals surface area (Å²) in [7, 11) is 0. The first kappa shape index (κ1) is 16.6. The lowest BCUT2D eigenvalue weighted by molar-refractivity contribution is 0.174. The quantitative estimate of drug-likeness (QED) is 0.830. The maximum absolute atomic E-state index is 5.48. The lowest BCUT2D eigenvalue weighted by atomic mass is 9.87. The number of benzene rings is 1. The minimum absolute atomic E-state index is 0.0204. The van der Waals surface area contributed by atoms with E-state index in [0.29, 0.717) is 5.11 Å². The van der Waals surface area contributed by atoms with Crippen LogP contribution in [0, 0.1) is 5.41 Å². The van der Waals surface area contributed by atoms with Gasteiger partial charge in [0.2, 0.25) is 6.79 Å². The number of aromatic nitrogens is 2. The molecule has 0 radical (unpaired) electrons. The van der Waals surface area contributed by atoms with Crippen molar-refractivity contribution in [1.82, 2.24) is 15.1 Å². The Bertz CT molecular complexity index is 710. The number of nitrogens with one attached hydrogen (secondary N) is 2. The highest BCUT2D eigenvalue weighted by Gasteiger charge is 2.26. The van der Waals surface area contributed by atoms with Crippen LogP contribution in [0.2, 0.25) is 0 Å². The molecular weight excluding hydrogens is 324 g/mol. The molecule has 3 rings (SSSR count). The number of rotatable bonds is 4. The summed E-state index contributed by atoms with van der Waals surface area (Å²) >= 11 is 5.48. The Hall–Kier alpha value is -2.28. The Morgan fingerprint density at radius 3 is 2.83 bits per heavy atom. The van der Waals surface area contributed by atoms with Crippen molar-refractivity contribution in [3.05, 3.63) is 36.7 Å². The first-order valence-electron chi connectivity index (χ1n) is 7.86. The third-order valence-corrected chi connectivity index (χ3v) is 4.13. The van der Waals surface area contributed by atoms with Crippen molar-refractivity contribution in [3.8, 4) is 11.5 Å². The van der Waals surface area contributed by atoms with Gasteiger partial charge in [0.15, 0.2) is 16.6 Å². The van der Waals surface area contributed by atoms with Crippen molar-refractivity contribution in [2.24, 2.45) is 5.41 Å². The molecule has 1 atom stereocenters. The molecule has 2 N–H and O–H groups in total. The molecule has 128 valence electrons. The molecule has 1 aliphatic rings. The molecule has 0 aliphatic carbocycles. The van der Waals surface area contributed by atoms with Gasteiger partial charge in [0.25, 0.3) is 0 Å². The van der Waals surface area contributed by atoms with Crippen LogP contribution in [-0.2, 0) is 6.54 Å². The average Bonchev–Trinajstić information content (AvgIpc) is 3.16. The van der Waals surface area contributed by atoms with E-state index in [0.717, 1.165) is 23.7 Å². The second kappa shape index (κ2) is 6.68. The third kappa shape index (κ3) is 3.97. The van der Waals surface area contributed by atoms with E-state index in [-0.39, 0.29) is 18.2 Å². The van der Waals surface area contributed by atoms with Crippen LogP contribution in [0.15, 0.2) is 36.7 Å². The Balaban J connectivity index is 1.65. The molecule has 0 saturated carbocycles. The Kier molecular flexibility index (Phi) is 4.62. The minimum atomic E-state index is 0.0204. The number of fused-ring (bicyclic) bond motifs is 1. The van der Waals surface area contributed by atoms with Gasteiger partial charge in [0.1, 0.15) is 0 Å². The number of anilines is 1. The van der Waals surface area contributed by atoms with Crippen LogP contribution < -0.4 is 20.1 Å². The van der Waals surface area contributed by atoms with Crippen molar-refractivity contribution < 1.29 is 9.47 Å². The minimum Gasteiger partial charge on any atom is -0.454 e. The van der Waals surface area contributed by atoms with E-state index in [1.54, 1.807) is 6.20 Å². The van der Waals surface area contributed by atoms with E-state index in [9.17, 15) is 0 Å². The summed E-state index contributed by atoms with van der Waals surface area (Å²) in [5.41, 5.74) is 0.885. The second-order valence-corrected chi connectivity index (χ2v) is 7.22. The van der Waals surface area contributed by atoms with Crippen molar-refractivity contribution in [1.29, 1.82) is 0 Å². The molecule has 6 nitrogen and oxygen atoms in total. The van der Waals surface area contributed by atoms with E-state index in [2.05, 4.69) is 36.5 Å². The van der Waals surface area contributed by atoms with Crippen molar-refractivity contribution in [2.75, 3.05) is 12.1 Å². The predicted molar refractivity (Wildman–Crippen MR) is 97.4 cm³/mol. The molecule has 7 heteroatoms. The van der Waals surface area contributed by atoms with Crippen LogP contribution in [0.5, 0.6) is 11.5 Å². The van der Waals surface area contributed by atoms with Crippen LogP contribution in [0.1, 0.15) is 20.8 Å². The summed E-state index contributed by atoms with van der Waals surface area (Å²) in [6.07, 6.45) is 3.73. The fourth-order valence-electron chi connectivity index (χ4n) is 2.43. The van der Waals surface area contributed by atoms with Gasteiger partial charge in [-0.3, -0.25) is 4.68 Å². The number of thiocarbonyl (C=S) groups is 1. The summed E-state index contributed by atoms with van der Waals surface area (Å²) in [6, 6.07) is 7.73. The fraction of sp³-hybridized carbons (Fsp3) is 0.412. The van der Waals surface area contributed by atoms with Crippen molar-refractivity contribution in [3.63, 3.8) is 0 Å². The fourth-order valence-corrected chi connectivity index (χ4v) is 2.69. The van der Waals surface area contributed by atoms with Crippen LogP contribution >= 0.6 is 12.2 Å². The zero-order chi connectivity index (χ0) is 17.2. The third-order valence-electron chi connectivity index (χ3n) is 3.91. The Labute approximate surface area is 147 Å². The molecule has 24 heavy (non-hydrogen) atoms. The average molecular weight is 346 g/mol. The molecular formula is C17H22N4O2S. The van der Waals surface area contributed by atoms with Crippen molar-refractivity contribution >= 4 is 23.0 Å². The standard InChI is InChI=1S/C17H22N4O2S/c1-17(2,3)15(10-21-8-4-7-18-21)20-16(24)19-12-5-6-13-14(9-12)23-11-22-13/h4-9,15H,10-11H2,1-3H3,(H2,19,20,24). The second-order valence-electron chi connectivity index (χ2n) is 6.81. The summed E-state index contributed by atoms with van der Waals surface area (Å²) < 4.78 is 12.6. The molecule has 0 amide bonds. The van der Waals surface area contributed by atoms with E-state index < -0.39 is 0 Å². The van der Waals surface area contributed by atoms with Gasteiger partial charge in [-0.25, -0.2) is 0 Å². The molecule has 2 heterocycles. The summed E-state index contributed by atoms with van der Waals surface area (Å²) in [6.45, 7) is 7.53. The Morgan fingerprint density at radius 1 is 1.33 bits per heavy atom. The van der Waals surface area contributed by atoms with E-state index in [1.165, 1.54) is 0 Å². The van der Waals surface area contributed by atoms with Crippen LogP contribution in [0.4, 0.5) is 5.69 Å². The van der Waals surface area contributed by atoms with Crippen LogP contribution in [0.3, 0.4) is 0 Å². The topological polar surface area (TPSA) is 60.3 Å². The SMILES string of the molecule is CC(C)(C)C(Cn1cccn1)NC(=S)Nc1ccc2c(c1)OCO2. The highest BCUT2D eigenvalue weighted by molar-refractivity contribution is 7.80. The molecule has 0 saturated heterocycles. The van der Waals surface area contributed by atoms with Gasteiger partial charge in [-0.1, -0.05) is 20.8 Å². The number of hydrogen-bond acceptors (Lipinski definition) is 4. The number of ether oxygens (including phenoxy) is 2. The molecule has 1 aromatic carbocycles. The monoisotopic (exact) mass is 346 g/mol. The molecule has 1 aliphatic heterocycles. The molecule has 1 aromatic heterocycles. The molecule has 1 unspecified atom stereocenters.